The minimum atomic E-state index is -0.926. The molecule has 4 heteroatoms. The molecule has 76 valence electrons. The lowest BCUT2D eigenvalue weighted by molar-refractivity contribution is -0.137. The first kappa shape index (κ1) is 10.7. The van der Waals surface area contributed by atoms with Crippen LogP contribution < -0.4 is 5.73 Å². The molecule has 3 N–H and O–H groups in total. The molecule has 1 aromatic carbocycles. The number of halogens is 1. The molecule has 0 aliphatic carbocycles. The standard InChI is InChI=1S/C10H12FNO2/c11-9-3-1-2-7(4-9)8(6-12)5-10(13)14/h1-4,8H,5-6,12H2,(H,13,14)/t8-/m1/s1. The molecule has 0 spiro atoms. The Kier molecular flexibility index (Phi) is 3.59. The number of benzene rings is 1. The zero-order valence-electron chi connectivity index (χ0n) is 7.61. The zero-order chi connectivity index (χ0) is 10.6. The molecule has 0 aliphatic heterocycles. The fourth-order valence-corrected chi connectivity index (χ4v) is 1.31. The van der Waals surface area contributed by atoms with Crippen molar-refractivity contribution in [2.24, 2.45) is 5.73 Å². The zero-order valence-corrected chi connectivity index (χ0v) is 7.61. The maximum atomic E-state index is 12.8. The normalized spacial score (nSPS) is 12.4. The largest absolute Gasteiger partial charge is 0.481 e. The molecule has 0 saturated heterocycles. The van der Waals surface area contributed by atoms with Gasteiger partial charge in [-0.25, -0.2) is 4.39 Å². The van der Waals surface area contributed by atoms with Gasteiger partial charge >= 0.3 is 5.97 Å². The summed E-state index contributed by atoms with van der Waals surface area (Å²) in [5.74, 6) is -1.61. The van der Waals surface area contributed by atoms with Gasteiger partial charge in [0, 0.05) is 5.92 Å². The highest BCUT2D eigenvalue weighted by molar-refractivity contribution is 5.68. The third kappa shape index (κ3) is 2.81. The Morgan fingerprint density at radius 1 is 1.57 bits per heavy atom. The van der Waals surface area contributed by atoms with Crippen molar-refractivity contribution in [1.82, 2.24) is 0 Å². The highest BCUT2D eigenvalue weighted by atomic mass is 19.1. The minimum absolute atomic E-state index is 0.0695. The molecule has 0 unspecified atom stereocenters. The van der Waals surface area contributed by atoms with Gasteiger partial charge in [-0.3, -0.25) is 4.79 Å². The van der Waals surface area contributed by atoms with Crippen LogP contribution in [0.3, 0.4) is 0 Å². The molecule has 0 saturated carbocycles. The van der Waals surface area contributed by atoms with E-state index in [-0.39, 0.29) is 24.7 Å². The topological polar surface area (TPSA) is 63.3 Å². The van der Waals surface area contributed by atoms with E-state index in [4.69, 9.17) is 10.8 Å². The van der Waals surface area contributed by atoms with E-state index in [0.717, 1.165) is 0 Å². The van der Waals surface area contributed by atoms with Crippen molar-refractivity contribution in [3.8, 4) is 0 Å². The van der Waals surface area contributed by atoms with Crippen molar-refractivity contribution in [2.75, 3.05) is 6.54 Å². The lowest BCUT2D eigenvalue weighted by atomic mass is 9.96. The molecule has 0 aliphatic rings. The summed E-state index contributed by atoms with van der Waals surface area (Å²) in [6.45, 7) is 0.204. The number of rotatable bonds is 4. The van der Waals surface area contributed by atoms with Crippen molar-refractivity contribution in [3.05, 3.63) is 35.6 Å². The Bertz CT molecular complexity index is 328. The van der Waals surface area contributed by atoms with Gasteiger partial charge in [-0.1, -0.05) is 12.1 Å². The molecule has 0 heterocycles. The fraction of sp³-hybridized carbons (Fsp3) is 0.300. The Morgan fingerprint density at radius 3 is 2.79 bits per heavy atom. The summed E-state index contributed by atoms with van der Waals surface area (Å²) in [6.07, 6.45) is -0.0695. The number of nitrogens with two attached hydrogens (primary N) is 1. The van der Waals surface area contributed by atoms with Gasteiger partial charge in [0.1, 0.15) is 5.82 Å². The SMILES string of the molecule is NC[C@@H](CC(=O)O)c1cccc(F)c1. The first-order valence-electron chi connectivity index (χ1n) is 4.31. The molecule has 1 rings (SSSR count). The lowest BCUT2D eigenvalue weighted by Gasteiger charge is -2.12. The van der Waals surface area contributed by atoms with Crippen molar-refractivity contribution in [1.29, 1.82) is 0 Å². The van der Waals surface area contributed by atoms with Gasteiger partial charge in [0.15, 0.2) is 0 Å². The minimum Gasteiger partial charge on any atom is -0.481 e. The van der Waals surface area contributed by atoms with Crippen molar-refractivity contribution in [3.63, 3.8) is 0 Å². The van der Waals surface area contributed by atoms with E-state index >= 15 is 0 Å². The van der Waals surface area contributed by atoms with Crippen LogP contribution in [0.15, 0.2) is 24.3 Å². The van der Waals surface area contributed by atoms with Crippen LogP contribution in [0.2, 0.25) is 0 Å². The third-order valence-corrected chi connectivity index (χ3v) is 2.03. The summed E-state index contributed by atoms with van der Waals surface area (Å²) < 4.78 is 12.8. The van der Waals surface area contributed by atoms with E-state index in [0.29, 0.717) is 5.56 Å². The Labute approximate surface area is 81.4 Å². The van der Waals surface area contributed by atoms with Crippen LogP contribution in [0.4, 0.5) is 4.39 Å². The Hall–Kier alpha value is -1.42. The molecule has 0 fully saturated rings. The van der Waals surface area contributed by atoms with Gasteiger partial charge in [0.2, 0.25) is 0 Å². The second kappa shape index (κ2) is 4.72. The molecular formula is C10H12FNO2. The van der Waals surface area contributed by atoms with Crippen LogP contribution in [0.1, 0.15) is 17.9 Å². The van der Waals surface area contributed by atoms with Crippen LogP contribution >= 0.6 is 0 Å². The summed E-state index contributed by atoms with van der Waals surface area (Å²) in [6, 6.07) is 5.87. The monoisotopic (exact) mass is 197 g/mol. The van der Waals surface area contributed by atoms with Gasteiger partial charge in [-0.15, -0.1) is 0 Å². The summed E-state index contributed by atoms with van der Waals surface area (Å²) >= 11 is 0. The van der Waals surface area contributed by atoms with Crippen LogP contribution in [0, 0.1) is 5.82 Å². The highest BCUT2D eigenvalue weighted by Crippen LogP contribution is 2.18. The molecule has 0 bridgehead atoms. The maximum Gasteiger partial charge on any atom is 0.304 e. The Balaban J connectivity index is 2.83. The van der Waals surface area contributed by atoms with Gasteiger partial charge in [-0.05, 0) is 24.2 Å². The van der Waals surface area contributed by atoms with E-state index in [1.807, 2.05) is 0 Å². The van der Waals surface area contributed by atoms with Crippen LogP contribution in [-0.2, 0) is 4.79 Å². The van der Waals surface area contributed by atoms with E-state index < -0.39 is 5.97 Å². The molecular weight excluding hydrogens is 185 g/mol. The van der Waals surface area contributed by atoms with Gasteiger partial charge in [0.05, 0.1) is 6.42 Å². The number of hydrogen-bond donors (Lipinski definition) is 2. The van der Waals surface area contributed by atoms with E-state index in [1.54, 1.807) is 12.1 Å². The molecule has 1 aromatic rings. The predicted molar refractivity (Wildman–Crippen MR) is 50.4 cm³/mol. The Morgan fingerprint density at radius 2 is 2.29 bits per heavy atom. The quantitative estimate of drug-likeness (QED) is 0.765. The van der Waals surface area contributed by atoms with Gasteiger partial charge in [0.25, 0.3) is 0 Å². The van der Waals surface area contributed by atoms with Crippen LogP contribution in [0.25, 0.3) is 0 Å². The first-order chi connectivity index (χ1) is 6.63. The second-order valence-corrected chi connectivity index (χ2v) is 3.09. The molecule has 0 aromatic heterocycles. The number of carboxylic acids is 1. The number of carbonyl (C=O) groups is 1. The van der Waals surface area contributed by atoms with E-state index in [2.05, 4.69) is 0 Å². The van der Waals surface area contributed by atoms with Crippen molar-refractivity contribution >= 4 is 5.97 Å². The summed E-state index contributed by atoms with van der Waals surface area (Å²) in [7, 11) is 0. The lowest BCUT2D eigenvalue weighted by Crippen LogP contribution is -2.16. The average Bonchev–Trinajstić information content (AvgIpc) is 2.14. The van der Waals surface area contributed by atoms with Crippen LogP contribution in [-0.4, -0.2) is 17.6 Å². The molecule has 14 heavy (non-hydrogen) atoms. The summed E-state index contributed by atoms with van der Waals surface area (Å²) in [5.41, 5.74) is 6.05. The predicted octanol–water partition coefficient (Wildman–Crippen LogP) is 1.34. The second-order valence-electron chi connectivity index (χ2n) is 3.09. The molecule has 1 atom stereocenters. The summed E-state index contributed by atoms with van der Waals surface area (Å²) in [4.78, 5) is 10.5. The maximum absolute atomic E-state index is 12.8. The van der Waals surface area contributed by atoms with E-state index in [1.165, 1.54) is 12.1 Å². The molecule has 0 radical (unpaired) electrons. The number of aliphatic carboxylic acids is 1. The van der Waals surface area contributed by atoms with Gasteiger partial charge < -0.3 is 10.8 Å². The number of hydrogen-bond acceptors (Lipinski definition) is 2. The fourth-order valence-electron chi connectivity index (χ4n) is 1.31. The highest BCUT2D eigenvalue weighted by Gasteiger charge is 2.13. The van der Waals surface area contributed by atoms with Crippen molar-refractivity contribution < 1.29 is 14.3 Å². The number of carboxylic acid groups (broad SMARTS) is 1. The third-order valence-electron chi connectivity index (χ3n) is 2.03. The molecule has 3 nitrogen and oxygen atoms in total. The van der Waals surface area contributed by atoms with E-state index in [9.17, 15) is 9.18 Å². The molecule has 0 amide bonds. The smallest absolute Gasteiger partial charge is 0.304 e. The van der Waals surface area contributed by atoms with Gasteiger partial charge in [-0.2, -0.15) is 0 Å². The average molecular weight is 197 g/mol. The van der Waals surface area contributed by atoms with Crippen molar-refractivity contribution in [2.45, 2.75) is 12.3 Å². The van der Waals surface area contributed by atoms with Crippen LogP contribution in [0.5, 0.6) is 0 Å². The summed E-state index contributed by atoms with van der Waals surface area (Å²) in [5, 5.41) is 8.60. The first-order valence-corrected chi connectivity index (χ1v) is 4.31.